The summed E-state index contributed by atoms with van der Waals surface area (Å²) in [7, 11) is 1.63. The number of piperidine rings is 1. The number of methoxy groups -OCH3 is 1. The van der Waals surface area contributed by atoms with Crippen molar-refractivity contribution >= 4 is 28.6 Å². The van der Waals surface area contributed by atoms with Crippen molar-refractivity contribution in [2.75, 3.05) is 32.5 Å². The van der Waals surface area contributed by atoms with Crippen molar-refractivity contribution in [1.29, 1.82) is 0 Å². The number of likely N-dealkylation sites (tertiary alicyclic amines) is 1. The van der Waals surface area contributed by atoms with Crippen LogP contribution in [0.4, 0.5) is 0 Å². The molecule has 1 unspecified atom stereocenters. The molecule has 8 heteroatoms. The van der Waals surface area contributed by atoms with Crippen LogP contribution in [0.15, 0.2) is 58.4 Å². The van der Waals surface area contributed by atoms with E-state index in [1.54, 1.807) is 31.3 Å². The van der Waals surface area contributed by atoms with Gasteiger partial charge in [0.2, 0.25) is 0 Å². The quantitative estimate of drug-likeness (QED) is 0.258. The van der Waals surface area contributed by atoms with Crippen molar-refractivity contribution in [1.82, 2.24) is 9.88 Å². The summed E-state index contributed by atoms with van der Waals surface area (Å²) < 4.78 is 10.7. The van der Waals surface area contributed by atoms with Crippen molar-refractivity contribution in [2.24, 2.45) is 11.8 Å². The lowest BCUT2D eigenvalue weighted by molar-refractivity contribution is -0.139. The number of rotatable bonds is 12. The van der Waals surface area contributed by atoms with Gasteiger partial charge in [0.15, 0.2) is 5.09 Å². The average Bonchev–Trinajstić information content (AvgIpc) is 3.38. The van der Waals surface area contributed by atoms with Gasteiger partial charge >= 0.3 is 5.97 Å². The highest BCUT2D eigenvalue weighted by atomic mass is 32.2. The fourth-order valence-corrected chi connectivity index (χ4v) is 5.87. The number of carbonyl (C=O) groups is 1. The van der Waals surface area contributed by atoms with E-state index >= 15 is 0 Å². The lowest BCUT2D eigenvalue weighted by Gasteiger charge is -2.38. The molecule has 188 valence electrons. The SMILES string of the molecule is COc1ccc2nccc(C(O)CC[C@@H]3CCN(CCCSc4ccco4)C[C@@H]3CC(=O)O)c2c1. The number of thioether (sulfide) groups is 1. The van der Waals surface area contributed by atoms with E-state index in [-0.39, 0.29) is 18.3 Å². The lowest BCUT2D eigenvalue weighted by atomic mass is 9.79. The molecule has 1 fully saturated rings. The van der Waals surface area contributed by atoms with E-state index in [9.17, 15) is 15.0 Å². The number of fused-ring (bicyclic) bond motifs is 1. The smallest absolute Gasteiger partial charge is 0.303 e. The molecule has 0 radical (unpaired) electrons. The second kappa shape index (κ2) is 12.4. The number of carboxylic acids is 1. The first-order valence-electron chi connectivity index (χ1n) is 12.2. The third-order valence-electron chi connectivity index (χ3n) is 6.92. The number of aliphatic hydroxyl groups is 1. The first-order valence-corrected chi connectivity index (χ1v) is 13.2. The maximum Gasteiger partial charge on any atom is 0.303 e. The van der Waals surface area contributed by atoms with Gasteiger partial charge in [-0.1, -0.05) is 11.8 Å². The van der Waals surface area contributed by atoms with Gasteiger partial charge in [0.1, 0.15) is 5.75 Å². The molecule has 1 aliphatic rings. The molecule has 1 aliphatic heterocycles. The first kappa shape index (κ1) is 25.5. The van der Waals surface area contributed by atoms with Crippen molar-refractivity contribution < 1.29 is 24.2 Å². The molecule has 0 amide bonds. The number of ether oxygens (including phenoxy) is 1. The Bertz CT molecular complexity index is 1090. The minimum absolute atomic E-state index is 0.0976. The molecule has 2 N–H and O–H groups in total. The standard InChI is InChI=1S/C27H34N2O5S/c1-33-21-6-7-24-23(17-21)22(9-11-28-24)25(30)8-5-19-10-13-29(18-20(19)16-26(31)32)12-3-15-35-27-4-2-14-34-27/h2,4,6-7,9,11,14,17,19-20,25,30H,3,5,8,10,12-13,15-16,18H2,1H3,(H,31,32)/t19-,20+,25?/m1/s1. The molecule has 1 aromatic carbocycles. The molecule has 3 atom stereocenters. The molecule has 0 aliphatic carbocycles. The number of nitrogens with zero attached hydrogens (tertiary/aromatic N) is 2. The third-order valence-corrected chi connectivity index (χ3v) is 7.93. The van der Waals surface area contributed by atoms with Crippen LogP contribution in [0.3, 0.4) is 0 Å². The number of aliphatic carboxylic acids is 1. The van der Waals surface area contributed by atoms with Gasteiger partial charge in [0.05, 0.1) is 25.0 Å². The van der Waals surface area contributed by atoms with Gasteiger partial charge < -0.3 is 24.3 Å². The third kappa shape index (κ3) is 6.99. The highest BCUT2D eigenvalue weighted by molar-refractivity contribution is 7.99. The van der Waals surface area contributed by atoms with Crippen molar-refractivity contribution in [2.45, 2.75) is 43.3 Å². The molecule has 4 rings (SSSR count). The van der Waals surface area contributed by atoms with E-state index < -0.39 is 12.1 Å². The van der Waals surface area contributed by atoms with Crippen LogP contribution < -0.4 is 4.74 Å². The molecular weight excluding hydrogens is 464 g/mol. The second-order valence-electron chi connectivity index (χ2n) is 9.22. The monoisotopic (exact) mass is 498 g/mol. The number of benzene rings is 1. The van der Waals surface area contributed by atoms with Crippen molar-refractivity contribution in [3.63, 3.8) is 0 Å². The molecule has 7 nitrogen and oxygen atoms in total. The van der Waals surface area contributed by atoms with Crippen molar-refractivity contribution in [3.05, 3.63) is 54.4 Å². The number of hydrogen-bond acceptors (Lipinski definition) is 7. The van der Waals surface area contributed by atoms with Gasteiger partial charge in [0, 0.05) is 30.3 Å². The number of aliphatic hydroxyl groups excluding tert-OH is 1. The van der Waals surface area contributed by atoms with Gasteiger partial charge in [-0.05, 0) is 92.6 Å². The number of carboxylic acid groups (broad SMARTS) is 1. The Morgan fingerprint density at radius 1 is 1.31 bits per heavy atom. The number of aromatic nitrogens is 1. The zero-order valence-corrected chi connectivity index (χ0v) is 21.0. The molecule has 0 saturated carbocycles. The fraction of sp³-hybridized carbons (Fsp3) is 0.481. The van der Waals surface area contributed by atoms with Gasteiger partial charge in [-0.15, -0.1) is 0 Å². The number of furan rings is 1. The summed E-state index contributed by atoms with van der Waals surface area (Å²) in [5.74, 6) is 1.35. The second-order valence-corrected chi connectivity index (χ2v) is 10.3. The largest absolute Gasteiger partial charge is 0.497 e. The molecule has 0 spiro atoms. The molecule has 1 saturated heterocycles. The van der Waals surface area contributed by atoms with Crippen LogP contribution in [-0.4, -0.2) is 58.6 Å². The number of pyridine rings is 1. The Morgan fingerprint density at radius 2 is 2.20 bits per heavy atom. The van der Waals surface area contributed by atoms with Gasteiger partial charge in [-0.2, -0.15) is 0 Å². The molecule has 3 heterocycles. The van der Waals surface area contributed by atoms with E-state index in [4.69, 9.17) is 9.15 Å². The molecule has 3 aromatic rings. The maximum atomic E-state index is 11.6. The van der Waals surface area contributed by atoms with Crippen LogP contribution in [0.25, 0.3) is 10.9 Å². The Morgan fingerprint density at radius 3 is 2.97 bits per heavy atom. The van der Waals surface area contributed by atoms with Crippen LogP contribution in [0.5, 0.6) is 5.75 Å². The predicted molar refractivity (Wildman–Crippen MR) is 137 cm³/mol. The van der Waals surface area contributed by atoms with E-state index in [0.717, 1.165) is 72.0 Å². The summed E-state index contributed by atoms with van der Waals surface area (Å²) in [6.07, 6.45) is 6.35. The maximum absolute atomic E-state index is 11.6. The summed E-state index contributed by atoms with van der Waals surface area (Å²) in [6.45, 7) is 2.73. The van der Waals surface area contributed by atoms with Crippen molar-refractivity contribution in [3.8, 4) is 5.75 Å². The fourth-order valence-electron chi connectivity index (χ4n) is 5.09. The summed E-state index contributed by atoms with van der Waals surface area (Å²) in [4.78, 5) is 18.4. The number of hydrogen-bond donors (Lipinski definition) is 2. The Balaban J connectivity index is 1.32. The summed E-state index contributed by atoms with van der Waals surface area (Å²) >= 11 is 1.71. The predicted octanol–water partition coefficient (Wildman–Crippen LogP) is 5.25. The molecule has 2 aromatic heterocycles. The lowest BCUT2D eigenvalue weighted by Crippen LogP contribution is -2.42. The van der Waals surface area contributed by atoms with Gasteiger partial charge in [-0.3, -0.25) is 9.78 Å². The zero-order valence-electron chi connectivity index (χ0n) is 20.1. The topological polar surface area (TPSA) is 96.0 Å². The minimum Gasteiger partial charge on any atom is -0.497 e. The highest BCUT2D eigenvalue weighted by Gasteiger charge is 2.31. The van der Waals surface area contributed by atoms with Crippen LogP contribution in [0.1, 0.15) is 43.8 Å². The molecular formula is C27H34N2O5S. The van der Waals surface area contributed by atoms with Crippen LogP contribution >= 0.6 is 11.8 Å². The Labute approximate surface area is 210 Å². The zero-order chi connectivity index (χ0) is 24.6. The van der Waals surface area contributed by atoms with Gasteiger partial charge in [-0.25, -0.2) is 0 Å². The average molecular weight is 499 g/mol. The minimum atomic E-state index is -0.747. The van der Waals surface area contributed by atoms with Crippen LogP contribution in [-0.2, 0) is 4.79 Å². The first-order chi connectivity index (χ1) is 17.0. The summed E-state index contributed by atoms with van der Waals surface area (Å²) in [5.41, 5.74) is 1.67. The molecule has 0 bridgehead atoms. The summed E-state index contributed by atoms with van der Waals surface area (Å²) in [5, 5.41) is 22.4. The van der Waals surface area contributed by atoms with Crippen LogP contribution in [0.2, 0.25) is 0 Å². The van der Waals surface area contributed by atoms with Gasteiger partial charge in [0.25, 0.3) is 0 Å². The van der Waals surface area contributed by atoms with E-state index in [1.807, 2.05) is 36.4 Å². The van der Waals surface area contributed by atoms with E-state index in [0.29, 0.717) is 6.42 Å². The normalized spacial score (nSPS) is 19.6. The summed E-state index contributed by atoms with van der Waals surface area (Å²) in [6, 6.07) is 11.4. The van der Waals surface area contributed by atoms with E-state index in [1.165, 1.54) is 0 Å². The van der Waals surface area contributed by atoms with E-state index in [2.05, 4.69) is 9.88 Å². The Kier molecular flexibility index (Phi) is 9.06. The highest BCUT2D eigenvalue weighted by Crippen LogP contribution is 2.35. The Hall–Kier alpha value is -2.55. The molecule has 35 heavy (non-hydrogen) atoms. The van der Waals surface area contributed by atoms with Crippen LogP contribution in [0, 0.1) is 11.8 Å².